The van der Waals surface area contributed by atoms with Crippen molar-refractivity contribution in [3.8, 4) is 0 Å². The van der Waals surface area contributed by atoms with Crippen LogP contribution in [-0.4, -0.2) is 23.0 Å². The Kier molecular flexibility index (Phi) is 25.3. The van der Waals surface area contributed by atoms with E-state index in [2.05, 4.69) is 0 Å². The summed E-state index contributed by atoms with van der Waals surface area (Å²) >= 11 is 0. The summed E-state index contributed by atoms with van der Waals surface area (Å²) in [5.41, 5.74) is 0. The van der Waals surface area contributed by atoms with E-state index in [9.17, 15) is 0 Å². The molecule has 0 atom stereocenters. The van der Waals surface area contributed by atoms with Crippen molar-refractivity contribution < 1.29 is 91.5 Å². The molecule has 1 radical (unpaired) electrons. The maximum atomic E-state index is 8.52. The van der Waals surface area contributed by atoms with Crippen LogP contribution in [0.25, 0.3) is 0 Å². The van der Waals surface area contributed by atoms with Gasteiger partial charge >= 0.3 is 68.5 Å². The molecule has 0 fully saturated rings. The molecule has 0 aromatic heterocycles. The van der Waals surface area contributed by atoms with Crippen LogP contribution in [0.2, 0.25) is 0 Å². The topological polar surface area (TPSA) is 112 Å². The molecule has 0 rings (SSSR count). The molecule has 0 spiro atoms. The van der Waals surface area contributed by atoms with E-state index < -0.39 is 10.4 Å². The van der Waals surface area contributed by atoms with Crippen LogP contribution in [0, 0.1) is 0 Å². The molecule has 0 saturated heterocycles. The molecule has 0 aromatic carbocycles. The Balaban J connectivity index is -0.0000000267. The van der Waals surface area contributed by atoms with E-state index >= 15 is 0 Å². The average Bonchev–Trinajstić information content (AvgIpc) is 0.722. The van der Waals surface area contributed by atoms with Crippen LogP contribution in [0.4, 0.5) is 0 Å². The van der Waals surface area contributed by atoms with Gasteiger partial charge < -0.3 is 14.6 Å². The second-order valence-electron chi connectivity index (χ2n) is 0.408. The van der Waals surface area contributed by atoms with Crippen molar-refractivity contribution in [3.63, 3.8) is 0 Å². The summed E-state index contributed by atoms with van der Waals surface area (Å²) < 4.78 is 34.1. The third-order valence-electron chi connectivity index (χ3n) is 0. The van der Waals surface area contributed by atoms with Gasteiger partial charge in [-0.1, -0.05) is 0 Å². The molecule has 0 unspecified atom stereocenters. The van der Waals surface area contributed by atoms with Gasteiger partial charge in [0.1, 0.15) is 0 Å². The van der Waals surface area contributed by atoms with Crippen LogP contribution in [0.3, 0.4) is 0 Å². The van der Waals surface area contributed by atoms with Crippen molar-refractivity contribution in [2.45, 2.75) is 0 Å². The van der Waals surface area contributed by atoms with Gasteiger partial charge in [0.25, 0.3) is 0 Å². The van der Waals surface area contributed by atoms with Crippen LogP contribution in [-0.2, 0) is 27.5 Å². The summed E-state index contributed by atoms with van der Waals surface area (Å²) in [5, 5.41) is 0. The van der Waals surface area contributed by atoms with E-state index in [1.807, 2.05) is 0 Å². The van der Waals surface area contributed by atoms with Gasteiger partial charge in [-0.2, -0.15) is 0 Å². The molecule has 0 heterocycles. The Bertz CT molecular complexity index is 95.6. The minimum absolute atomic E-state index is 0. The van der Waals surface area contributed by atoms with Gasteiger partial charge in [-0.05, 0) is 0 Å². The Morgan fingerprint density at radius 3 is 1.12 bits per heavy atom. The molecule has 0 bridgehead atoms. The number of hydrogen-bond donors (Lipinski definition) is 0. The van der Waals surface area contributed by atoms with E-state index in [4.69, 9.17) is 17.5 Å². The zero-order valence-electron chi connectivity index (χ0n) is 3.84. The van der Waals surface area contributed by atoms with Crippen LogP contribution < -0.4 is 51.4 Å². The average molecular weight is 217 g/mol. The first-order valence-corrected chi connectivity index (χ1v) is 2.00. The molecule has 2 N–H and O–H groups in total. The summed E-state index contributed by atoms with van der Waals surface area (Å²) in [6, 6.07) is 0. The third-order valence-corrected chi connectivity index (χ3v) is 0. The molecular weight excluding hydrogens is 215 g/mol. The van der Waals surface area contributed by atoms with Gasteiger partial charge in [0, 0.05) is 10.4 Å². The molecule has 8 heteroatoms. The van der Waals surface area contributed by atoms with Gasteiger partial charge in [0.15, 0.2) is 0 Å². The molecule has 0 aliphatic heterocycles. The van der Waals surface area contributed by atoms with Crippen molar-refractivity contribution in [2.75, 3.05) is 0 Å². The number of hydrogen-bond acceptors (Lipinski definition) is 4. The van der Waals surface area contributed by atoms with Crippen molar-refractivity contribution in [3.05, 3.63) is 0 Å². The Labute approximate surface area is 100 Å². The van der Waals surface area contributed by atoms with Crippen molar-refractivity contribution in [1.29, 1.82) is 0 Å². The van der Waals surface area contributed by atoms with Gasteiger partial charge in [0.05, 0.1) is 0 Å². The second-order valence-corrected chi connectivity index (χ2v) is 1.22. The van der Waals surface area contributed by atoms with Crippen molar-refractivity contribution >= 4 is 10.4 Å². The van der Waals surface area contributed by atoms with Crippen LogP contribution in [0.15, 0.2) is 0 Å². The molecule has 8 heavy (non-hydrogen) atoms. The fourth-order valence-electron chi connectivity index (χ4n) is 0. The normalized spacial score (nSPS) is 7.25. The predicted octanol–water partition coefficient (Wildman–Crippen LogP) is -5.16. The molecule has 5 nitrogen and oxygen atoms in total. The largest absolute Gasteiger partial charge is 2.00 e. The van der Waals surface area contributed by atoms with Crippen molar-refractivity contribution in [2.24, 2.45) is 0 Å². The Hall–Kier alpha value is 1.99. The molecule has 0 saturated carbocycles. The fraction of sp³-hybridized carbons (Fsp3) is 0. The smallest absolute Gasteiger partial charge is 0.759 e. The SMILES string of the molecule is O.O=S(=O)([O-])[O-].[Cu+2].[K+]. The molecule has 0 aliphatic carbocycles. The summed E-state index contributed by atoms with van der Waals surface area (Å²) in [6.07, 6.45) is 0. The Morgan fingerprint density at radius 1 is 1.12 bits per heavy atom. The summed E-state index contributed by atoms with van der Waals surface area (Å²) in [6.45, 7) is 0. The third kappa shape index (κ3) is 98.8. The Morgan fingerprint density at radius 2 is 1.12 bits per heavy atom. The van der Waals surface area contributed by atoms with Crippen LogP contribution >= 0.6 is 0 Å². The van der Waals surface area contributed by atoms with Crippen molar-refractivity contribution in [1.82, 2.24) is 0 Å². The molecule has 0 aliphatic rings. The van der Waals surface area contributed by atoms with E-state index in [0.717, 1.165) is 0 Å². The second kappa shape index (κ2) is 8.99. The quantitative estimate of drug-likeness (QED) is 0.229. The van der Waals surface area contributed by atoms with E-state index in [0.29, 0.717) is 0 Å². The zero-order chi connectivity index (χ0) is 4.50. The molecular formula is H2CuKO5S+. The van der Waals surface area contributed by atoms with Crippen LogP contribution in [0.5, 0.6) is 0 Å². The first-order valence-electron chi connectivity index (χ1n) is 0.667. The van der Waals surface area contributed by atoms with E-state index in [1.165, 1.54) is 0 Å². The molecule has 0 amide bonds. The minimum Gasteiger partial charge on any atom is -0.759 e. The van der Waals surface area contributed by atoms with Gasteiger partial charge in [-0.15, -0.1) is 0 Å². The zero-order valence-corrected chi connectivity index (χ0v) is 8.72. The van der Waals surface area contributed by atoms with Gasteiger partial charge in [0.2, 0.25) is 0 Å². The number of rotatable bonds is 0. The predicted molar refractivity (Wildman–Crippen MR) is 14.1 cm³/mol. The maximum absolute atomic E-state index is 8.52. The molecule has 0 aromatic rings. The first kappa shape index (κ1) is 22.5. The van der Waals surface area contributed by atoms with Crippen LogP contribution in [0.1, 0.15) is 0 Å². The first-order chi connectivity index (χ1) is 2.00. The van der Waals surface area contributed by atoms with E-state index in [-0.39, 0.29) is 73.9 Å². The molecule has 49 valence electrons. The minimum atomic E-state index is -5.17. The fourth-order valence-corrected chi connectivity index (χ4v) is 0. The monoisotopic (exact) mass is 216 g/mol. The van der Waals surface area contributed by atoms with Gasteiger partial charge in [-0.3, -0.25) is 8.42 Å². The summed E-state index contributed by atoms with van der Waals surface area (Å²) in [5.74, 6) is 0. The standard InChI is InChI=1S/Cu.K.H2O4S.H2O/c;;1-5(2,3)4;/h;;(H2,1,2,3,4);1H2/q+2;+1;;/p-2. The van der Waals surface area contributed by atoms with Gasteiger partial charge in [-0.25, -0.2) is 0 Å². The summed E-state index contributed by atoms with van der Waals surface area (Å²) in [7, 11) is -5.17. The maximum Gasteiger partial charge on any atom is 2.00 e. The summed E-state index contributed by atoms with van der Waals surface area (Å²) in [4.78, 5) is 0. The van der Waals surface area contributed by atoms with E-state index in [1.54, 1.807) is 0 Å².